The quantitative estimate of drug-likeness (QED) is 0.531. The predicted octanol–water partition coefficient (Wildman–Crippen LogP) is 5.07. The molecule has 37 heavy (non-hydrogen) atoms. The minimum atomic E-state index is -2.89. The lowest BCUT2D eigenvalue weighted by molar-refractivity contribution is -0.125. The summed E-state index contributed by atoms with van der Waals surface area (Å²) in [6, 6.07) is 6.52. The number of ether oxygens (including phenoxy) is 1. The molecule has 0 N–H and O–H groups in total. The number of benzene rings is 1. The van der Waals surface area contributed by atoms with Crippen LogP contribution in [0.3, 0.4) is 0 Å². The molecule has 3 aliphatic rings. The van der Waals surface area contributed by atoms with Gasteiger partial charge >= 0.3 is 6.09 Å². The highest BCUT2D eigenvalue weighted by atomic mass is 19.3. The number of hydrogen-bond donors (Lipinski definition) is 0. The molecular weight excluding hydrogens is 480 g/mol. The largest absolute Gasteiger partial charge is 0.444 e. The van der Waals surface area contributed by atoms with E-state index in [4.69, 9.17) is 4.74 Å². The normalized spacial score (nSPS) is 23.5. The number of nitrogens with zero attached hydrogens (tertiary/aromatic N) is 5. The second kappa shape index (κ2) is 9.88. The third-order valence-electron chi connectivity index (χ3n) is 6.42. The Hall–Kier alpha value is -3.87. The first kappa shape index (κ1) is 26.2. The summed E-state index contributed by atoms with van der Waals surface area (Å²) in [6.07, 6.45) is 2.17. The third kappa shape index (κ3) is 5.77. The summed E-state index contributed by atoms with van der Waals surface area (Å²) in [6.45, 7) is 9.78. The number of amides is 2. The fraction of sp³-hybridized carbons (Fsp3) is 0.444. The van der Waals surface area contributed by atoms with Crippen LogP contribution in [-0.4, -0.2) is 58.5 Å². The maximum Gasteiger partial charge on any atom is 0.410 e. The van der Waals surface area contributed by atoms with Crippen molar-refractivity contribution in [3.05, 3.63) is 52.7 Å². The van der Waals surface area contributed by atoms with Crippen LogP contribution in [0, 0.1) is 11.3 Å². The molecule has 2 aliphatic heterocycles. The molecule has 1 fully saturated rings. The van der Waals surface area contributed by atoms with Crippen LogP contribution in [0.25, 0.3) is 0 Å². The number of rotatable bonds is 3. The second-order valence-corrected chi connectivity index (χ2v) is 10.4. The molecule has 0 bridgehead atoms. The number of nitriles is 1. The molecule has 8 nitrogen and oxygen atoms in total. The van der Waals surface area contributed by atoms with E-state index in [9.17, 15) is 23.6 Å². The summed E-state index contributed by atoms with van der Waals surface area (Å²) in [5.41, 5.74) is 2.04. The molecule has 1 aromatic rings. The highest BCUT2D eigenvalue weighted by Crippen LogP contribution is 2.40. The summed E-state index contributed by atoms with van der Waals surface area (Å²) in [7, 11) is 0. The monoisotopic (exact) mass is 509 g/mol. The summed E-state index contributed by atoms with van der Waals surface area (Å²) < 4.78 is 33.7. The van der Waals surface area contributed by atoms with Gasteiger partial charge in [-0.25, -0.2) is 18.6 Å². The Bertz CT molecular complexity index is 1270. The van der Waals surface area contributed by atoms with E-state index in [0.29, 0.717) is 30.8 Å². The SMILES string of the molecule is C=N/C=C1/C=C(C#N)C(=O)N(C2CCC(F)(F)C2)C1=Nc1ccc2c(c1)CCN(C(=O)OC(C)(C)C)C2. The summed E-state index contributed by atoms with van der Waals surface area (Å²) in [4.78, 5) is 36.9. The van der Waals surface area contributed by atoms with Crippen molar-refractivity contribution < 1.29 is 23.1 Å². The maximum atomic E-state index is 14.1. The highest BCUT2D eigenvalue weighted by molar-refractivity contribution is 6.19. The molecule has 0 radical (unpaired) electrons. The van der Waals surface area contributed by atoms with Crippen molar-refractivity contribution in [3.8, 4) is 6.07 Å². The van der Waals surface area contributed by atoms with E-state index in [1.807, 2.05) is 39.0 Å². The van der Waals surface area contributed by atoms with Gasteiger partial charge in [0.05, 0.1) is 5.69 Å². The molecule has 1 saturated carbocycles. The van der Waals surface area contributed by atoms with Gasteiger partial charge < -0.3 is 9.64 Å². The van der Waals surface area contributed by atoms with E-state index in [0.717, 1.165) is 11.1 Å². The van der Waals surface area contributed by atoms with E-state index in [-0.39, 0.29) is 30.3 Å². The Morgan fingerprint density at radius 3 is 2.70 bits per heavy atom. The molecule has 4 rings (SSSR count). The summed E-state index contributed by atoms with van der Waals surface area (Å²) in [5.74, 6) is -3.39. The molecule has 0 saturated heterocycles. The van der Waals surface area contributed by atoms with Crippen molar-refractivity contribution in [1.29, 1.82) is 5.26 Å². The van der Waals surface area contributed by atoms with Gasteiger partial charge in [-0.1, -0.05) is 6.07 Å². The molecular formula is C27H29F2N5O3. The van der Waals surface area contributed by atoms with Crippen LogP contribution in [-0.2, 0) is 22.5 Å². The van der Waals surface area contributed by atoms with Gasteiger partial charge in [-0.2, -0.15) is 5.26 Å². The van der Waals surface area contributed by atoms with Crippen molar-refractivity contribution in [2.75, 3.05) is 6.54 Å². The third-order valence-corrected chi connectivity index (χ3v) is 6.42. The van der Waals surface area contributed by atoms with Gasteiger partial charge in [-0.3, -0.25) is 14.7 Å². The molecule has 2 amide bonds. The first-order valence-electron chi connectivity index (χ1n) is 12.1. The highest BCUT2D eigenvalue weighted by Gasteiger charge is 2.46. The second-order valence-electron chi connectivity index (χ2n) is 10.4. The number of halogens is 2. The Morgan fingerprint density at radius 1 is 1.32 bits per heavy atom. The number of aliphatic imine (C=N–C) groups is 2. The maximum absolute atomic E-state index is 14.1. The molecule has 0 aromatic heterocycles. The van der Waals surface area contributed by atoms with Crippen LogP contribution in [0.15, 0.2) is 51.6 Å². The van der Waals surface area contributed by atoms with E-state index in [2.05, 4.69) is 16.7 Å². The van der Waals surface area contributed by atoms with Crippen LogP contribution < -0.4 is 0 Å². The molecule has 2 heterocycles. The lowest BCUT2D eigenvalue weighted by atomic mass is 9.99. The summed E-state index contributed by atoms with van der Waals surface area (Å²) >= 11 is 0. The van der Waals surface area contributed by atoms with Gasteiger partial charge in [0.25, 0.3) is 5.91 Å². The fourth-order valence-electron chi connectivity index (χ4n) is 4.74. The standard InChI is InChI=1S/C27H29F2N5O3/c1-26(2,3)37-25(36)33-10-8-17-12-21(6-5-18(17)16-33)32-23-20(15-31-4)11-19(14-30)24(35)34(23)22-7-9-27(28,29)13-22/h5-6,11-12,15,22H,4,7-10,13,16H2,1-3H3/b20-15-,32-23?. The van der Waals surface area contributed by atoms with Gasteiger partial charge in [0.2, 0.25) is 5.92 Å². The fourth-order valence-corrected chi connectivity index (χ4v) is 4.74. The average molecular weight is 510 g/mol. The van der Waals surface area contributed by atoms with E-state index in [1.165, 1.54) is 17.2 Å². The molecule has 1 unspecified atom stereocenters. The Kier molecular flexibility index (Phi) is 7.00. The van der Waals surface area contributed by atoms with Crippen molar-refractivity contribution >= 4 is 30.2 Å². The topological polar surface area (TPSA) is 98.4 Å². The lowest BCUT2D eigenvalue weighted by Crippen LogP contribution is -2.47. The minimum Gasteiger partial charge on any atom is -0.444 e. The van der Waals surface area contributed by atoms with Crippen LogP contribution >= 0.6 is 0 Å². The van der Waals surface area contributed by atoms with E-state index < -0.39 is 29.9 Å². The number of carbonyl (C=O) groups excluding carboxylic acids is 2. The summed E-state index contributed by atoms with van der Waals surface area (Å²) in [5, 5.41) is 9.48. The van der Waals surface area contributed by atoms with Crippen molar-refractivity contribution in [2.24, 2.45) is 9.98 Å². The lowest BCUT2D eigenvalue weighted by Gasteiger charge is -2.33. The van der Waals surface area contributed by atoms with E-state index in [1.54, 1.807) is 11.0 Å². The van der Waals surface area contributed by atoms with Gasteiger partial charge in [-0.05, 0) is 69.7 Å². The zero-order valence-electron chi connectivity index (χ0n) is 21.1. The van der Waals surface area contributed by atoms with Gasteiger partial charge in [0.15, 0.2) is 0 Å². The van der Waals surface area contributed by atoms with Crippen LogP contribution in [0.5, 0.6) is 0 Å². The van der Waals surface area contributed by atoms with Crippen LogP contribution in [0.2, 0.25) is 0 Å². The first-order valence-corrected chi connectivity index (χ1v) is 12.1. The molecule has 10 heteroatoms. The number of amidine groups is 1. The smallest absolute Gasteiger partial charge is 0.410 e. The zero-order chi connectivity index (χ0) is 27.0. The average Bonchev–Trinajstić information content (AvgIpc) is 3.18. The Labute approximate surface area is 214 Å². The van der Waals surface area contributed by atoms with Crippen LogP contribution in [0.1, 0.15) is 51.2 Å². The van der Waals surface area contributed by atoms with Gasteiger partial charge in [-0.15, -0.1) is 0 Å². The molecule has 1 aromatic carbocycles. The molecule has 0 spiro atoms. The molecule has 1 atom stereocenters. The predicted molar refractivity (Wildman–Crippen MR) is 135 cm³/mol. The van der Waals surface area contributed by atoms with Crippen LogP contribution in [0.4, 0.5) is 19.3 Å². The van der Waals surface area contributed by atoms with Crippen molar-refractivity contribution in [1.82, 2.24) is 9.80 Å². The van der Waals surface area contributed by atoms with Gasteiger partial charge in [0, 0.05) is 43.7 Å². The number of hydrogen-bond acceptors (Lipinski definition) is 6. The minimum absolute atomic E-state index is 0.0932. The number of carbonyl (C=O) groups is 2. The number of fused-ring (bicyclic) bond motifs is 1. The Balaban J connectivity index is 1.68. The molecule has 194 valence electrons. The number of alkyl halides is 2. The zero-order valence-corrected chi connectivity index (χ0v) is 21.1. The van der Waals surface area contributed by atoms with Crippen molar-refractivity contribution in [2.45, 2.75) is 70.6 Å². The van der Waals surface area contributed by atoms with Gasteiger partial charge in [0.1, 0.15) is 23.1 Å². The van der Waals surface area contributed by atoms with Crippen molar-refractivity contribution in [3.63, 3.8) is 0 Å². The first-order chi connectivity index (χ1) is 17.4. The Morgan fingerprint density at radius 2 is 2.08 bits per heavy atom. The van der Waals surface area contributed by atoms with E-state index >= 15 is 0 Å². The molecule has 1 aliphatic carbocycles.